The molecule has 1 aliphatic rings. The van der Waals surface area contributed by atoms with Gasteiger partial charge in [-0.3, -0.25) is 10.3 Å². The zero-order valence-electron chi connectivity index (χ0n) is 11.9. The van der Waals surface area contributed by atoms with E-state index in [1.54, 1.807) is 6.92 Å². The maximum absolute atomic E-state index is 12.3. The molecule has 1 aliphatic heterocycles. The van der Waals surface area contributed by atoms with Gasteiger partial charge in [0.25, 0.3) is 0 Å². The number of carbonyl (C=O) groups is 1. The number of ether oxygens (including phenoxy) is 2. The minimum atomic E-state index is -2.97. The van der Waals surface area contributed by atoms with Crippen molar-refractivity contribution in [2.75, 3.05) is 6.61 Å². The summed E-state index contributed by atoms with van der Waals surface area (Å²) < 4.78 is 34.3. The van der Waals surface area contributed by atoms with E-state index in [1.807, 2.05) is 0 Å². The molecule has 1 aromatic rings. The van der Waals surface area contributed by atoms with Crippen LogP contribution in [0, 0.1) is 0 Å². The Labute approximate surface area is 125 Å². The smallest absolute Gasteiger partial charge is 0.387 e. The molecular formula is C14H15F2NO5. The van der Waals surface area contributed by atoms with Gasteiger partial charge < -0.3 is 14.6 Å². The topological polar surface area (TPSA) is 77.0 Å². The number of hydroxylamine groups is 1. The lowest BCUT2D eigenvalue weighted by Gasteiger charge is -2.13. The van der Waals surface area contributed by atoms with Crippen LogP contribution in [0.15, 0.2) is 24.3 Å². The first-order valence-corrected chi connectivity index (χ1v) is 6.48. The highest BCUT2D eigenvalue weighted by molar-refractivity contribution is 5.84. The van der Waals surface area contributed by atoms with Crippen molar-refractivity contribution >= 4 is 11.7 Å². The van der Waals surface area contributed by atoms with Crippen LogP contribution in [0.5, 0.6) is 11.5 Å². The van der Waals surface area contributed by atoms with E-state index in [-0.39, 0.29) is 18.1 Å². The lowest BCUT2D eigenvalue weighted by molar-refractivity contribution is -0.159. The molecule has 22 heavy (non-hydrogen) atoms. The highest BCUT2D eigenvalue weighted by atomic mass is 19.3. The van der Waals surface area contributed by atoms with Gasteiger partial charge in [0.1, 0.15) is 0 Å². The van der Waals surface area contributed by atoms with Crippen LogP contribution >= 0.6 is 0 Å². The van der Waals surface area contributed by atoms with Gasteiger partial charge in [0.2, 0.25) is 5.60 Å². The maximum Gasteiger partial charge on any atom is 0.387 e. The summed E-state index contributed by atoms with van der Waals surface area (Å²) in [7, 11) is 0. The number of halogens is 2. The van der Waals surface area contributed by atoms with Gasteiger partial charge in [0.15, 0.2) is 11.5 Å². The molecule has 0 radical (unpaired) electrons. The molecule has 0 bridgehead atoms. The molecule has 0 spiro atoms. The average Bonchev–Trinajstić information content (AvgIpc) is 2.84. The summed E-state index contributed by atoms with van der Waals surface area (Å²) in [5.41, 5.74) is 1.93. The van der Waals surface area contributed by atoms with Crippen molar-refractivity contribution < 1.29 is 33.0 Å². The second-order valence-electron chi connectivity index (χ2n) is 4.65. The molecule has 1 aromatic carbocycles. The van der Waals surface area contributed by atoms with Crippen LogP contribution in [-0.4, -0.2) is 29.9 Å². The van der Waals surface area contributed by atoms with Crippen LogP contribution in [0.4, 0.5) is 8.78 Å². The summed E-state index contributed by atoms with van der Waals surface area (Å²) in [4.78, 5) is 16.1. The number of hydrogen-bond acceptors (Lipinski definition) is 5. The number of rotatable bonds is 6. The maximum atomic E-state index is 12.3. The third-order valence-corrected chi connectivity index (χ3v) is 2.99. The molecule has 0 saturated heterocycles. The Bertz CT molecular complexity index is 605. The molecule has 0 aromatic heterocycles. The molecule has 0 fully saturated rings. The van der Waals surface area contributed by atoms with Crippen molar-refractivity contribution in [3.63, 3.8) is 0 Å². The Morgan fingerprint density at radius 2 is 2.18 bits per heavy atom. The first kappa shape index (κ1) is 16.0. The third-order valence-electron chi connectivity index (χ3n) is 2.99. The van der Waals surface area contributed by atoms with Crippen molar-refractivity contribution in [3.05, 3.63) is 29.8 Å². The van der Waals surface area contributed by atoms with Gasteiger partial charge in [-0.25, -0.2) is 4.79 Å². The normalized spacial score (nSPS) is 20.5. The van der Waals surface area contributed by atoms with Crippen LogP contribution in [0.2, 0.25) is 0 Å². The standard InChI is InChI=1S/C14H15F2NO5/c1-3-20-11-6-8(4-5-10(11)21-13(15)16)9-7-14(2,12(18)19)22-17-9/h4-7,13,17H,3H2,1-2H3,(H,18,19). The molecule has 2 rings (SSSR count). The van der Waals surface area contributed by atoms with Crippen LogP contribution in [0.1, 0.15) is 19.4 Å². The van der Waals surface area contributed by atoms with Crippen LogP contribution in [0.3, 0.4) is 0 Å². The largest absolute Gasteiger partial charge is 0.490 e. The van der Waals surface area contributed by atoms with E-state index in [1.165, 1.54) is 31.2 Å². The van der Waals surface area contributed by atoms with Crippen molar-refractivity contribution in [1.29, 1.82) is 0 Å². The van der Waals surface area contributed by atoms with Gasteiger partial charge in [-0.05, 0) is 38.1 Å². The molecule has 8 heteroatoms. The Morgan fingerprint density at radius 3 is 2.73 bits per heavy atom. The first-order chi connectivity index (χ1) is 10.4. The molecular weight excluding hydrogens is 300 g/mol. The van der Waals surface area contributed by atoms with Crippen LogP contribution < -0.4 is 15.0 Å². The molecule has 0 saturated carbocycles. The van der Waals surface area contributed by atoms with Crippen molar-refractivity contribution in [2.24, 2.45) is 0 Å². The second kappa shape index (κ2) is 6.18. The average molecular weight is 315 g/mol. The SMILES string of the molecule is CCOc1cc(C2=CC(C)(C(=O)O)ON2)ccc1OC(F)F. The lowest BCUT2D eigenvalue weighted by atomic mass is 10.0. The third kappa shape index (κ3) is 3.28. The molecule has 1 atom stereocenters. The Balaban J connectivity index is 2.33. The van der Waals surface area contributed by atoms with Gasteiger partial charge in [-0.1, -0.05) is 0 Å². The summed E-state index contributed by atoms with van der Waals surface area (Å²) in [6.45, 7) is 0.384. The molecule has 0 aliphatic carbocycles. The van der Waals surface area contributed by atoms with E-state index in [9.17, 15) is 13.6 Å². The van der Waals surface area contributed by atoms with Crippen molar-refractivity contribution in [1.82, 2.24) is 5.48 Å². The first-order valence-electron chi connectivity index (χ1n) is 6.48. The number of nitrogens with one attached hydrogen (secondary N) is 1. The van der Waals surface area contributed by atoms with E-state index in [0.717, 1.165) is 0 Å². The summed E-state index contributed by atoms with van der Waals surface area (Å²) in [5.74, 6) is -1.12. The summed E-state index contributed by atoms with van der Waals surface area (Å²) >= 11 is 0. The predicted octanol–water partition coefficient (Wildman–Crippen LogP) is 2.41. The van der Waals surface area contributed by atoms with Gasteiger partial charge in [0, 0.05) is 5.56 Å². The number of aliphatic carboxylic acids is 1. The second-order valence-corrected chi connectivity index (χ2v) is 4.65. The number of carboxylic acid groups (broad SMARTS) is 1. The van der Waals surface area contributed by atoms with Crippen molar-refractivity contribution in [3.8, 4) is 11.5 Å². The van der Waals surface area contributed by atoms with Crippen LogP contribution in [0.25, 0.3) is 5.70 Å². The number of benzene rings is 1. The molecule has 0 amide bonds. The summed E-state index contributed by atoms with van der Waals surface area (Å²) in [6.07, 6.45) is 1.38. The van der Waals surface area contributed by atoms with Gasteiger partial charge in [0.05, 0.1) is 12.3 Å². The Kier molecular flexibility index (Phi) is 4.51. The Hall–Kier alpha value is -2.35. The molecule has 120 valence electrons. The van der Waals surface area contributed by atoms with Gasteiger partial charge in [-0.2, -0.15) is 8.78 Å². The fraction of sp³-hybridized carbons (Fsp3) is 0.357. The van der Waals surface area contributed by atoms with Crippen LogP contribution in [-0.2, 0) is 9.63 Å². The van der Waals surface area contributed by atoms with E-state index >= 15 is 0 Å². The number of alkyl halides is 2. The van der Waals surface area contributed by atoms with E-state index in [4.69, 9.17) is 14.7 Å². The molecule has 1 unspecified atom stereocenters. The summed E-state index contributed by atoms with van der Waals surface area (Å²) in [6, 6.07) is 4.29. The monoisotopic (exact) mass is 315 g/mol. The minimum Gasteiger partial charge on any atom is -0.490 e. The zero-order valence-corrected chi connectivity index (χ0v) is 11.9. The molecule has 2 N–H and O–H groups in total. The fourth-order valence-electron chi connectivity index (χ4n) is 1.88. The minimum absolute atomic E-state index is 0.0962. The van der Waals surface area contributed by atoms with Gasteiger partial charge in [-0.15, -0.1) is 0 Å². The highest BCUT2D eigenvalue weighted by Gasteiger charge is 2.38. The van der Waals surface area contributed by atoms with E-state index in [2.05, 4.69) is 10.2 Å². The zero-order chi connectivity index (χ0) is 16.3. The van der Waals surface area contributed by atoms with E-state index < -0.39 is 18.2 Å². The number of carboxylic acids is 1. The van der Waals surface area contributed by atoms with E-state index in [0.29, 0.717) is 11.3 Å². The van der Waals surface area contributed by atoms with Gasteiger partial charge >= 0.3 is 12.6 Å². The fourth-order valence-corrected chi connectivity index (χ4v) is 1.88. The highest BCUT2D eigenvalue weighted by Crippen LogP contribution is 2.34. The Morgan fingerprint density at radius 1 is 1.45 bits per heavy atom. The number of hydrogen-bond donors (Lipinski definition) is 2. The quantitative estimate of drug-likeness (QED) is 0.839. The summed E-state index contributed by atoms with van der Waals surface area (Å²) in [5, 5.41) is 9.08. The molecule has 6 nitrogen and oxygen atoms in total. The molecule has 1 heterocycles. The lowest BCUT2D eigenvalue weighted by Crippen LogP contribution is -2.35. The van der Waals surface area contributed by atoms with Crippen molar-refractivity contribution in [2.45, 2.75) is 26.1 Å². The predicted molar refractivity (Wildman–Crippen MR) is 72.5 cm³/mol.